The molecule has 0 radical (unpaired) electrons. The lowest BCUT2D eigenvalue weighted by atomic mass is 10.2. The second-order valence-corrected chi connectivity index (χ2v) is 3.77. The minimum absolute atomic E-state index is 0.187. The van der Waals surface area contributed by atoms with Crippen LogP contribution in [-0.2, 0) is 6.54 Å². The summed E-state index contributed by atoms with van der Waals surface area (Å²) in [6.07, 6.45) is 2.77. The van der Waals surface area contributed by atoms with Gasteiger partial charge >= 0.3 is 0 Å². The summed E-state index contributed by atoms with van der Waals surface area (Å²) >= 11 is 0. The van der Waals surface area contributed by atoms with Crippen molar-refractivity contribution in [2.24, 2.45) is 0 Å². The molecule has 14 heavy (non-hydrogen) atoms. The number of aryl methyl sites for hydroxylation is 3. The van der Waals surface area contributed by atoms with Crippen LogP contribution in [0.3, 0.4) is 0 Å². The van der Waals surface area contributed by atoms with E-state index in [2.05, 4.69) is 10.1 Å². The molecule has 0 spiro atoms. The van der Waals surface area contributed by atoms with E-state index in [0.29, 0.717) is 0 Å². The number of hydrogen-bond acceptors (Lipinski definition) is 3. The Morgan fingerprint density at radius 1 is 1.36 bits per heavy atom. The molecule has 0 aliphatic heterocycles. The normalized spacial score (nSPS) is 13.1. The van der Waals surface area contributed by atoms with E-state index >= 15 is 0 Å². The standard InChI is InChI=1S/C10H19N3O/c1-8(14)6-4-5-7-13-10(3)11-9(2)12-13/h8,14H,4-7H2,1-3H3. The van der Waals surface area contributed by atoms with Crippen molar-refractivity contribution in [1.29, 1.82) is 0 Å². The third-order valence-corrected chi connectivity index (χ3v) is 2.20. The predicted molar refractivity (Wildman–Crippen MR) is 55.0 cm³/mol. The minimum atomic E-state index is -0.187. The molecule has 0 aliphatic rings. The monoisotopic (exact) mass is 197 g/mol. The predicted octanol–water partition coefficient (Wildman–Crippen LogP) is 1.45. The molecular weight excluding hydrogens is 178 g/mol. The van der Waals surface area contributed by atoms with E-state index < -0.39 is 0 Å². The van der Waals surface area contributed by atoms with Gasteiger partial charge in [0.1, 0.15) is 11.6 Å². The molecule has 0 fully saturated rings. The first-order valence-electron chi connectivity index (χ1n) is 5.15. The maximum absolute atomic E-state index is 9.07. The van der Waals surface area contributed by atoms with Gasteiger partial charge < -0.3 is 5.11 Å². The highest BCUT2D eigenvalue weighted by Crippen LogP contribution is 2.03. The highest BCUT2D eigenvalue weighted by Gasteiger charge is 2.02. The van der Waals surface area contributed by atoms with E-state index in [0.717, 1.165) is 37.5 Å². The first-order valence-corrected chi connectivity index (χ1v) is 5.15. The molecule has 1 heterocycles. The van der Waals surface area contributed by atoms with E-state index in [4.69, 9.17) is 5.11 Å². The molecular formula is C10H19N3O. The molecule has 0 aromatic carbocycles. The summed E-state index contributed by atoms with van der Waals surface area (Å²) in [5.74, 6) is 1.80. The van der Waals surface area contributed by atoms with Gasteiger partial charge in [-0.05, 0) is 40.0 Å². The van der Waals surface area contributed by atoms with Gasteiger partial charge in [0.15, 0.2) is 0 Å². The summed E-state index contributed by atoms with van der Waals surface area (Å²) in [7, 11) is 0. The van der Waals surface area contributed by atoms with Gasteiger partial charge in [0, 0.05) is 6.54 Å². The van der Waals surface area contributed by atoms with Crippen LogP contribution in [0, 0.1) is 13.8 Å². The van der Waals surface area contributed by atoms with E-state index in [1.165, 1.54) is 0 Å². The fraction of sp³-hybridized carbons (Fsp3) is 0.800. The van der Waals surface area contributed by atoms with E-state index in [-0.39, 0.29) is 6.10 Å². The Balaban J connectivity index is 2.28. The third kappa shape index (κ3) is 3.46. The number of unbranched alkanes of at least 4 members (excludes halogenated alkanes) is 1. The van der Waals surface area contributed by atoms with Crippen molar-refractivity contribution in [2.45, 2.75) is 52.7 Å². The van der Waals surface area contributed by atoms with Gasteiger partial charge in [-0.2, -0.15) is 5.10 Å². The van der Waals surface area contributed by atoms with Crippen molar-refractivity contribution in [2.75, 3.05) is 0 Å². The van der Waals surface area contributed by atoms with Gasteiger partial charge in [-0.1, -0.05) is 0 Å². The zero-order valence-electron chi connectivity index (χ0n) is 9.19. The molecule has 0 saturated heterocycles. The molecule has 1 aromatic rings. The highest BCUT2D eigenvalue weighted by molar-refractivity contribution is 4.87. The maximum Gasteiger partial charge on any atom is 0.147 e. The smallest absolute Gasteiger partial charge is 0.147 e. The van der Waals surface area contributed by atoms with Crippen molar-refractivity contribution in [1.82, 2.24) is 14.8 Å². The molecule has 1 atom stereocenters. The van der Waals surface area contributed by atoms with Crippen molar-refractivity contribution in [3.05, 3.63) is 11.6 Å². The van der Waals surface area contributed by atoms with Crippen LogP contribution in [-0.4, -0.2) is 26.0 Å². The molecule has 1 N–H and O–H groups in total. The molecule has 1 unspecified atom stereocenters. The topological polar surface area (TPSA) is 50.9 Å². The van der Waals surface area contributed by atoms with Crippen LogP contribution in [0.25, 0.3) is 0 Å². The Morgan fingerprint density at radius 2 is 2.07 bits per heavy atom. The Hall–Kier alpha value is -0.900. The van der Waals surface area contributed by atoms with Crippen LogP contribution >= 0.6 is 0 Å². The fourth-order valence-corrected chi connectivity index (χ4v) is 1.47. The van der Waals surface area contributed by atoms with Crippen LogP contribution in [0.2, 0.25) is 0 Å². The Kier molecular flexibility index (Phi) is 4.07. The van der Waals surface area contributed by atoms with Gasteiger partial charge in [-0.15, -0.1) is 0 Å². The van der Waals surface area contributed by atoms with Crippen molar-refractivity contribution in [3.63, 3.8) is 0 Å². The largest absolute Gasteiger partial charge is 0.393 e. The lowest BCUT2D eigenvalue weighted by Gasteiger charge is -2.04. The zero-order valence-corrected chi connectivity index (χ0v) is 9.19. The molecule has 80 valence electrons. The summed E-state index contributed by atoms with van der Waals surface area (Å²) in [6, 6.07) is 0. The van der Waals surface area contributed by atoms with Crippen LogP contribution in [0.4, 0.5) is 0 Å². The number of aliphatic hydroxyl groups is 1. The second kappa shape index (κ2) is 5.10. The first-order chi connectivity index (χ1) is 6.59. The summed E-state index contributed by atoms with van der Waals surface area (Å²) in [5.41, 5.74) is 0. The van der Waals surface area contributed by atoms with E-state index in [1.54, 1.807) is 0 Å². The summed E-state index contributed by atoms with van der Waals surface area (Å²) in [6.45, 7) is 6.60. The second-order valence-electron chi connectivity index (χ2n) is 3.77. The summed E-state index contributed by atoms with van der Waals surface area (Å²) in [5, 5.41) is 13.3. The van der Waals surface area contributed by atoms with Crippen LogP contribution in [0.15, 0.2) is 0 Å². The minimum Gasteiger partial charge on any atom is -0.393 e. The maximum atomic E-state index is 9.07. The lowest BCUT2D eigenvalue weighted by molar-refractivity contribution is 0.180. The molecule has 0 aliphatic carbocycles. The number of nitrogens with zero attached hydrogens (tertiary/aromatic N) is 3. The number of rotatable bonds is 5. The van der Waals surface area contributed by atoms with Gasteiger partial charge in [0.05, 0.1) is 6.10 Å². The van der Waals surface area contributed by atoms with Crippen molar-refractivity contribution >= 4 is 0 Å². The number of aliphatic hydroxyl groups excluding tert-OH is 1. The van der Waals surface area contributed by atoms with E-state index in [9.17, 15) is 0 Å². The zero-order chi connectivity index (χ0) is 10.6. The van der Waals surface area contributed by atoms with Crippen LogP contribution in [0.1, 0.15) is 37.8 Å². The average molecular weight is 197 g/mol. The molecule has 1 rings (SSSR count). The molecule has 4 nitrogen and oxygen atoms in total. The SMILES string of the molecule is Cc1nc(C)n(CCCCC(C)O)n1. The van der Waals surface area contributed by atoms with Crippen molar-refractivity contribution in [3.8, 4) is 0 Å². The van der Waals surface area contributed by atoms with Gasteiger partial charge in [-0.3, -0.25) is 4.68 Å². The Morgan fingerprint density at radius 3 is 2.57 bits per heavy atom. The summed E-state index contributed by atoms with van der Waals surface area (Å²) < 4.78 is 1.93. The first kappa shape index (κ1) is 11.2. The van der Waals surface area contributed by atoms with Crippen LogP contribution < -0.4 is 0 Å². The van der Waals surface area contributed by atoms with Crippen molar-refractivity contribution < 1.29 is 5.11 Å². The average Bonchev–Trinajstić information content (AvgIpc) is 2.39. The molecule has 1 aromatic heterocycles. The molecule has 4 heteroatoms. The highest BCUT2D eigenvalue weighted by atomic mass is 16.3. The molecule has 0 amide bonds. The van der Waals surface area contributed by atoms with Gasteiger partial charge in [0.2, 0.25) is 0 Å². The Bertz CT molecular complexity index is 281. The quantitative estimate of drug-likeness (QED) is 0.727. The number of aromatic nitrogens is 3. The third-order valence-electron chi connectivity index (χ3n) is 2.20. The Labute approximate surface area is 85.0 Å². The number of hydrogen-bond donors (Lipinski definition) is 1. The van der Waals surface area contributed by atoms with Gasteiger partial charge in [0.25, 0.3) is 0 Å². The van der Waals surface area contributed by atoms with Crippen LogP contribution in [0.5, 0.6) is 0 Å². The molecule has 0 saturated carbocycles. The fourth-order valence-electron chi connectivity index (χ4n) is 1.47. The van der Waals surface area contributed by atoms with E-state index in [1.807, 2.05) is 25.5 Å². The summed E-state index contributed by atoms with van der Waals surface area (Å²) in [4.78, 5) is 4.23. The lowest BCUT2D eigenvalue weighted by Crippen LogP contribution is -2.05. The van der Waals surface area contributed by atoms with Gasteiger partial charge in [-0.25, -0.2) is 4.98 Å². The molecule has 0 bridgehead atoms.